The number of fused-ring (bicyclic) bond motifs is 3. The molecule has 4 aromatic rings. The van der Waals surface area contributed by atoms with E-state index in [0.717, 1.165) is 21.4 Å². The van der Waals surface area contributed by atoms with E-state index in [9.17, 15) is 4.79 Å². The van der Waals surface area contributed by atoms with E-state index in [0.29, 0.717) is 15.9 Å². The van der Waals surface area contributed by atoms with E-state index in [4.69, 9.17) is 0 Å². The number of carbonyl (C=O) groups is 1. The smallest absolute Gasteiger partial charge is 0.239 e. The molecule has 8 nitrogen and oxygen atoms in total. The van der Waals surface area contributed by atoms with Crippen LogP contribution >= 0.6 is 23.1 Å². The fourth-order valence-electron chi connectivity index (χ4n) is 2.32. The highest BCUT2D eigenvalue weighted by atomic mass is 32.2. The van der Waals surface area contributed by atoms with Crippen molar-refractivity contribution in [3.8, 4) is 0 Å². The molecule has 0 radical (unpaired) electrons. The van der Waals surface area contributed by atoms with Crippen molar-refractivity contribution in [2.75, 3.05) is 5.32 Å². The van der Waals surface area contributed by atoms with Gasteiger partial charge in [0.1, 0.15) is 10.5 Å². The number of thioether (sulfide) groups is 1. The van der Waals surface area contributed by atoms with Crippen molar-refractivity contribution in [1.29, 1.82) is 0 Å². The molecule has 3 aromatic heterocycles. The highest BCUT2D eigenvalue weighted by molar-refractivity contribution is 8.00. The molecule has 3 heterocycles. The second-order valence-corrected chi connectivity index (χ2v) is 7.83. The molecular weight excluding hydrogens is 358 g/mol. The Morgan fingerprint density at radius 2 is 2.08 bits per heavy atom. The van der Waals surface area contributed by atoms with Crippen molar-refractivity contribution >= 4 is 56.2 Å². The number of nitrogens with one attached hydrogen (secondary N) is 2. The second-order valence-electron chi connectivity index (χ2n) is 5.34. The number of anilines is 1. The van der Waals surface area contributed by atoms with E-state index in [1.807, 2.05) is 31.2 Å². The van der Waals surface area contributed by atoms with Gasteiger partial charge in [-0.2, -0.15) is 0 Å². The van der Waals surface area contributed by atoms with Crippen molar-refractivity contribution in [3.63, 3.8) is 0 Å². The van der Waals surface area contributed by atoms with Crippen LogP contribution in [0.4, 0.5) is 5.13 Å². The van der Waals surface area contributed by atoms with Crippen LogP contribution in [-0.4, -0.2) is 41.5 Å². The van der Waals surface area contributed by atoms with Crippen LogP contribution < -0.4 is 5.32 Å². The molecule has 10 heteroatoms. The standard InChI is InChI=1S/C15H13N7OS2/c1-7(13(23)18-15-21-19-8(2)25-15)24-14-17-12-11(20-22-14)9-5-3-4-6-10(9)16-12/h3-7H,1-2H3,(H,16,17,22)(H,18,21,23). The molecule has 0 aliphatic carbocycles. The number of aryl methyl sites for hydroxylation is 1. The van der Waals surface area contributed by atoms with E-state index in [1.165, 1.54) is 23.1 Å². The zero-order valence-electron chi connectivity index (χ0n) is 13.3. The molecule has 1 unspecified atom stereocenters. The van der Waals surface area contributed by atoms with Gasteiger partial charge in [-0.25, -0.2) is 4.98 Å². The quantitative estimate of drug-likeness (QED) is 0.531. The molecule has 4 rings (SSSR count). The molecule has 0 saturated carbocycles. The van der Waals surface area contributed by atoms with Crippen LogP contribution in [0.3, 0.4) is 0 Å². The Balaban J connectivity index is 1.53. The number of benzene rings is 1. The topological polar surface area (TPSA) is 109 Å². The van der Waals surface area contributed by atoms with Gasteiger partial charge in [-0.05, 0) is 19.9 Å². The normalized spacial score (nSPS) is 12.6. The van der Waals surface area contributed by atoms with Crippen LogP contribution in [0.25, 0.3) is 22.1 Å². The van der Waals surface area contributed by atoms with Gasteiger partial charge in [-0.15, -0.1) is 20.4 Å². The summed E-state index contributed by atoms with van der Waals surface area (Å²) in [6.07, 6.45) is 0. The zero-order chi connectivity index (χ0) is 17.4. The number of aromatic nitrogens is 6. The van der Waals surface area contributed by atoms with E-state index in [-0.39, 0.29) is 5.91 Å². The monoisotopic (exact) mass is 371 g/mol. The molecule has 0 fully saturated rings. The van der Waals surface area contributed by atoms with E-state index >= 15 is 0 Å². The van der Waals surface area contributed by atoms with Gasteiger partial charge in [-0.1, -0.05) is 41.3 Å². The lowest BCUT2D eigenvalue weighted by Gasteiger charge is -2.08. The summed E-state index contributed by atoms with van der Waals surface area (Å²) in [7, 11) is 0. The van der Waals surface area contributed by atoms with Crippen molar-refractivity contribution in [1.82, 2.24) is 30.4 Å². The van der Waals surface area contributed by atoms with Gasteiger partial charge in [0.15, 0.2) is 5.65 Å². The van der Waals surface area contributed by atoms with Gasteiger partial charge in [0.25, 0.3) is 0 Å². The van der Waals surface area contributed by atoms with Crippen LogP contribution in [0.15, 0.2) is 29.4 Å². The average Bonchev–Trinajstić information content (AvgIpc) is 3.17. The van der Waals surface area contributed by atoms with E-state index in [1.54, 1.807) is 6.92 Å². The Bertz CT molecular complexity index is 1070. The first kappa shape index (κ1) is 15.9. The SMILES string of the molecule is Cc1nnc(NC(=O)C(C)Sc2nnc3c(n2)[nH]c2ccccc23)s1. The van der Waals surface area contributed by atoms with Gasteiger partial charge >= 0.3 is 0 Å². The lowest BCUT2D eigenvalue weighted by atomic mass is 10.2. The van der Waals surface area contributed by atoms with E-state index < -0.39 is 5.25 Å². The largest absolute Gasteiger partial charge is 0.338 e. The molecule has 1 aromatic carbocycles. The Morgan fingerprint density at radius 1 is 1.24 bits per heavy atom. The van der Waals surface area contributed by atoms with Crippen molar-refractivity contribution in [2.24, 2.45) is 0 Å². The molecule has 1 amide bonds. The number of H-pyrrole nitrogens is 1. The number of carbonyl (C=O) groups excluding carboxylic acids is 1. The third-order valence-electron chi connectivity index (χ3n) is 3.51. The van der Waals surface area contributed by atoms with Crippen molar-refractivity contribution in [2.45, 2.75) is 24.3 Å². The fraction of sp³-hybridized carbons (Fsp3) is 0.200. The fourth-order valence-corrected chi connectivity index (χ4v) is 3.63. The summed E-state index contributed by atoms with van der Waals surface area (Å²) in [6.45, 7) is 3.62. The number of amides is 1. The van der Waals surface area contributed by atoms with E-state index in [2.05, 4.69) is 35.7 Å². The van der Waals surface area contributed by atoms with Crippen LogP contribution in [0.1, 0.15) is 11.9 Å². The summed E-state index contributed by atoms with van der Waals surface area (Å²) in [5, 5.41) is 21.2. The highest BCUT2D eigenvalue weighted by Gasteiger charge is 2.19. The second kappa shape index (κ2) is 6.37. The number of nitrogens with zero attached hydrogens (tertiary/aromatic N) is 5. The number of aromatic amines is 1. The first-order valence-electron chi connectivity index (χ1n) is 7.49. The molecule has 25 heavy (non-hydrogen) atoms. The molecule has 126 valence electrons. The first-order valence-corrected chi connectivity index (χ1v) is 9.18. The third-order valence-corrected chi connectivity index (χ3v) is 5.22. The van der Waals surface area contributed by atoms with Crippen molar-refractivity contribution in [3.05, 3.63) is 29.3 Å². The summed E-state index contributed by atoms with van der Waals surface area (Å²) in [6, 6.07) is 7.83. The van der Waals surface area contributed by atoms with Gasteiger partial charge in [0.05, 0.1) is 5.25 Å². The van der Waals surface area contributed by atoms with Crippen LogP contribution in [0.2, 0.25) is 0 Å². The summed E-state index contributed by atoms with van der Waals surface area (Å²) in [5.74, 6) is -0.179. The first-order chi connectivity index (χ1) is 12.1. The number of rotatable bonds is 4. The molecule has 0 aliphatic heterocycles. The summed E-state index contributed by atoms with van der Waals surface area (Å²) in [4.78, 5) is 19.9. The summed E-state index contributed by atoms with van der Waals surface area (Å²) >= 11 is 2.57. The van der Waals surface area contributed by atoms with Gasteiger partial charge in [0, 0.05) is 10.9 Å². The molecule has 0 bridgehead atoms. The Labute approximate surface area is 150 Å². The minimum Gasteiger partial charge on any atom is -0.338 e. The summed E-state index contributed by atoms with van der Waals surface area (Å²) in [5.41, 5.74) is 2.34. The van der Waals surface area contributed by atoms with Gasteiger partial charge < -0.3 is 4.98 Å². The Morgan fingerprint density at radius 3 is 2.88 bits per heavy atom. The molecule has 0 saturated heterocycles. The minimum atomic E-state index is -0.396. The maximum absolute atomic E-state index is 12.3. The van der Waals surface area contributed by atoms with Crippen LogP contribution in [0, 0.1) is 6.92 Å². The van der Waals surface area contributed by atoms with Gasteiger partial charge in [-0.3, -0.25) is 10.1 Å². The van der Waals surface area contributed by atoms with Gasteiger partial charge in [0.2, 0.25) is 16.2 Å². The van der Waals surface area contributed by atoms with Crippen LogP contribution in [-0.2, 0) is 4.79 Å². The maximum Gasteiger partial charge on any atom is 0.239 e. The number of hydrogen-bond acceptors (Lipinski definition) is 8. The molecular formula is C15H13N7OS2. The lowest BCUT2D eigenvalue weighted by molar-refractivity contribution is -0.115. The predicted molar refractivity (Wildman–Crippen MR) is 97.8 cm³/mol. The average molecular weight is 371 g/mol. The number of para-hydroxylation sites is 1. The molecule has 0 aliphatic rings. The Kier molecular flexibility index (Phi) is 4.06. The molecule has 0 spiro atoms. The predicted octanol–water partition coefficient (Wildman–Crippen LogP) is 2.79. The van der Waals surface area contributed by atoms with Crippen LogP contribution in [0.5, 0.6) is 0 Å². The maximum atomic E-state index is 12.3. The molecule has 2 N–H and O–H groups in total. The minimum absolute atomic E-state index is 0.179. The van der Waals surface area contributed by atoms with Crippen molar-refractivity contribution < 1.29 is 4.79 Å². The zero-order valence-corrected chi connectivity index (χ0v) is 15.0. The Hall–Kier alpha value is -2.59. The lowest BCUT2D eigenvalue weighted by Crippen LogP contribution is -2.22. The number of hydrogen-bond donors (Lipinski definition) is 2. The summed E-state index contributed by atoms with van der Waals surface area (Å²) < 4.78 is 0. The molecule has 1 atom stereocenters. The third kappa shape index (κ3) is 3.17. The highest BCUT2D eigenvalue weighted by Crippen LogP contribution is 2.25.